The van der Waals surface area contributed by atoms with Gasteiger partial charge in [0.05, 0.1) is 6.61 Å². The fourth-order valence-corrected chi connectivity index (χ4v) is 1.45. The quantitative estimate of drug-likeness (QED) is 0.803. The summed E-state index contributed by atoms with van der Waals surface area (Å²) in [6.07, 6.45) is 1.30. The van der Waals surface area contributed by atoms with Gasteiger partial charge in [0.15, 0.2) is 11.5 Å². The summed E-state index contributed by atoms with van der Waals surface area (Å²) in [6.45, 7) is -0.619. The summed E-state index contributed by atoms with van der Waals surface area (Å²) in [5.41, 5.74) is 0.920. The molecule has 0 atom stereocenters. The van der Waals surface area contributed by atoms with Gasteiger partial charge in [0.25, 0.3) is 0 Å². The Bertz CT molecular complexity index is 343. The molecule has 0 heterocycles. The second-order valence-corrected chi connectivity index (χ2v) is 3.42. The number of ether oxygens (including phenoxy) is 2. The molecule has 0 saturated carbocycles. The van der Waals surface area contributed by atoms with Crippen LogP contribution in [-0.4, -0.2) is 24.9 Å². The molecule has 3 nitrogen and oxygen atoms in total. The molecular weight excluding hydrogens is 230 g/mol. The van der Waals surface area contributed by atoms with E-state index in [1.165, 1.54) is 6.07 Å². The summed E-state index contributed by atoms with van der Waals surface area (Å²) >= 11 is 0. The number of aliphatic hydroxyl groups is 1. The van der Waals surface area contributed by atoms with Crippen molar-refractivity contribution < 1.29 is 23.4 Å². The SMILES string of the molecule is CCOc1cc(CCCO)ccc1OC(F)F. The van der Waals surface area contributed by atoms with E-state index in [-0.39, 0.29) is 12.4 Å². The Hall–Kier alpha value is -1.36. The fraction of sp³-hybridized carbons (Fsp3) is 0.500. The number of aryl methyl sites for hydroxylation is 1. The highest BCUT2D eigenvalue weighted by Crippen LogP contribution is 2.30. The first-order valence-electron chi connectivity index (χ1n) is 5.48. The molecular formula is C12H16F2O3. The molecule has 96 valence electrons. The molecule has 5 heteroatoms. The van der Waals surface area contributed by atoms with Gasteiger partial charge in [-0.15, -0.1) is 0 Å². The van der Waals surface area contributed by atoms with Gasteiger partial charge < -0.3 is 14.6 Å². The lowest BCUT2D eigenvalue weighted by Crippen LogP contribution is -2.05. The van der Waals surface area contributed by atoms with Crippen LogP contribution in [-0.2, 0) is 6.42 Å². The first kappa shape index (κ1) is 13.7. The first-order chi connectivity index (χ1) is 8.17. The average Bonchev–Trinajstić information content (AvgIpc) is 2.29. The summed E-state index contributed by atoms with van der Waals surface area (Å²) in [7, 11) is 0. The molecule has 0 aliphatic heterocycles. The molecule has 0 unspecified atom stereocenters. The number of hydrogen-bond acceptors (Lipinski definition) is 3. The molecule has 1 rings (SSSR count). The molecule has 1 aromatic rings. The van der Waals surface area contributed by atoms with E-state index >= 15 is 0 Å². The molecule has 1 N–H and O–H groups in total. The van der Waals surface area contributed by atoms with Crippen molar-refractivity contribution in [3.8, 4) is 11.5 Å². The maximum atomic E-state index is 12.1. The summed E-state index contributed by atoms with van der Waals surface area (Å²) in [6, 6.07) is 4.82. The number of benzene rings is 1. The minimum Gasteiger partial charge on any atom is -0.490 e. The van der Waals surface area contributed by atoms with E-state index < -0.39 is 6.61 Å². The van der Waals surface area contributed by atoms with Gasteiger partial charge in [0, 0.05) is 6.61 Å². The summed E-state index contributed by atoms with van der Waals surface area (Å²) in [4.78, 5) is 0. The van der Waals surface area contributed by atoms with Crippen molar-refractivity contribution in [3.05, 3.63) is 23.8 Å². The number of halogens is 2. The van der Waals surface area contributed by atoms with E-state index in [4.69, 9.17) is 9.84 Å². The van der Waals surface area contributed by atoms with E-state index in [0.29, 0.717) is 25.2 Å². The maximum absolute atomic E-state index is 12.1. The predicted octanol–water partition coefficient (Wildman–Crippen LogP) is 2.61. The third-order valence-corrected chi connectivity index (χ3v) is 2.15. The molecule has 0 aromatic heterocycles. The van der Waals surface area contributed by atoms with Crippen molar-refractivity contribution in [2.75, 3.05) is 13.2 Å². The third-order valence-electron chi connectivity index (χ3n) is 2.15. The van der Waals surface area contributed by atoms with Gasteiger partial charge in [-0.25, -0.2) is 0 Å². The van der Waals surface area contributed by atoms with Gasteiger partial charge >= 0.3 is 6.61 Å². The van der Waals surface area contributed by atoms with Gasteiger partial charge in [-0.3, -0.25) is 0 Å². The van der Waals surface area contributed by atoms with Gasteiger partial charge in [-0.2, -0.15) is 8.78 Å². The van der Waals surface area contributed by atoms with Crippen molar-refractivity contribution in [1.82, 2.24) is 0 Å². The molecule has 0 saturated heterocycles. The molecule has 1 aromatic carbocycles. The average molecular weight is 246 g/mol. The molecule has 0 radical (unpaired) electrons. The molecule has 0 bridgehead atoms. The Morgan fingerprint density at radius 3 is 2.65 bits per heavy atom. The maximum Gasteiger partial charge on any atom is 0.387 e. The van der Waals surface area contributed by atoms with Crippen LogP contribution in [0.4, 0.5) is 8.78 Å². The standard InChI is InChI=1S/C12H16F2O3/c1-2-16-11-8-9(4-3-7-15)5-6-10(11)17-12(13)14/h5-6,8,12,15H,2-4,7H2,1H3. The van der Waals surface area contributed by atoms with Crippen LogP contribution >= 0.6 is 0 Å². The molecule has 0 aliphatic carbocycles. The highest BCUT2D eigenvalue weighted by molar-refractivity contribution is 5.43. The van der Waals surface area contributed by atoms with Crippen LogP contribution in [0.1, 0.15) is 18.9 Å². The van der Waals surface area contributed by atoms with E-state index in [2.05, 4.69) is 4.74 Å². The van der Waals surface area contributed by atoms with E-state index in [0.717, 1.165) is 5.56 Å². The second-order valence-electron chi connectivity index (χ2n) is 3.42. The zero-order valence-corrected chi connectivity index (χ0v) is 9.66. The van der Waals surface area contributed by atoms with Crippen molar-refractivity contribution in [1.29, 1.82) is 0 Å². The topological polar surface area (TPSA) is 38.7 Å². The van der Waals surface area contributed by atoms with Crippen molar-refractivity contribution in [2.45, 2.75) is 26.4 Å². The molecule has 0 amide bonds. The number of alkyl halides is 2. The smallest absolute Gasteiger partial charge is 0.387 e. The second kappa shape index (κ2) is 7.06. The Labute approximate surface area is 99.0 Å². The van der Waals surface area contributed by atoms with Crippen LogP contribution in [0.3, 0.4) is 0 Å². The lowest BCUT2D eigenvalue weighted by molar-refractivity contribution is -0.0514. The number of rotatable bonds is 7. The van der Waals surface area contributed by atoms with Crippen molar-refractivity contribution in [3.63, 3.8) is 0 Å². The van der Waals surface area contributed by atoms with Gasteiger partial charge in [-0.05, 0) is 37.5 Å². The van der Waals surface area contributed by atoms with Gasteiger partial charge in [0.2, 0.25) is 0 Å². The van der Waals surface area contributed by atoms with Crippen molar-refractivity contribution in [2.24, 2.45) is 0 Å². The first-order valence-corrected chi connectivity index (χ1v) is 5.48. The third kappa shape index (κ3) is 4.56. The van der Waals surface area contributed by atoms with Crippen LogP contribution in [0.15, 0.2) is 18.2 Å². The number of aliphatic hydroxyl groups excluding tert-OH is 1. The van der Waals surface area contributed by atoms with Crippen LogP contribution in [0.25, 0.3) is 0 Å². The van der Waals surface area contributed by atoms with Crippen LogP contribution in [0.2, 0.25) is 0 Å². The minimum absolute atomic E-state index is 0.0367. The van der Waals surface area contributed by atoms with Crippen LogP contribution < -0.4 is 9.47 Å². The van der Waals surface area contributed by atoms with Crippen molar-refractivity contribution >= 4 is 0 Å². The Balaban J connectivity index is 2.83. The summed E-state index contributed by atoms with van der Waals surface area (Å²) in [5.74, 6) is 0.345. The van der Waals surface area contributed by atoms with Gasteiger partial charge in [0.1, 0.15) is 0 Å². The highest BCUT2D eigenvalue weighted by atomic mass is 19.3. The Morgan fingerprint density at radius 1 is 1.29 bits per heavy atom. The zero-order valence-electron chi connectivity index (χ0n) is 9.66. The van der Waals surface area contributed by atoms with Gasteiger partial charge in [-0.1, -0.05) is 6.07 Å². The van der Waals surface area contributed by atoms with Crippen LogP contribution in [0, 0.1) is 0 Å². The summed E-state index contributed by atoms with van der Waals surface area (Å²) < 4.78 is 33.9. The zero-order chi connectivity index (χ0) is 12.7. The lowest BCUT2D eigenvalue weighted by atomic mass is 10.1. The minimum atomic E-state index is -2.86. The molecule has 0 spiro atoms. The largest absolute Gasteiger partial charge is 0.490 e. The fourth-order valence-electron chi connectivity index (χ4n) is 1.45. The Morgan fingerprint density at radius 2 is 2.06 bits per heavy atom. The Kier molecular flexibility index (Phi) is 5.69. The molecule has 0 fully saturated rings. The predicted molar refractivity (Wildman–Crippen MR) is 59.6 cm³/mol. The number of hydrogen-bond donors (Lipinski definition) is 1. The summed E-state index contributed by atoms with van der Waals surface area (Å²) in [5, 5.41) is 8.72. The lowest BCUT2D eigenvalue weighted by Gasteiger charge is -2.12. The normalized spacial score (nSPS) is 10.6. The van der Waals surface area contributed by atoms with Crippen LogP contribution in [0.5, 0.6) is 11.5 Å². The molecule has 0 aliphatic rings. The van der Waals surface area contributed by atoms with E-state index in [9.17, 15) is 8.78 Å². The monoisotopic (exact) mass is 246 g/mol. The molecule has 17 heavy (non-hydrogen) atoms. The van der Waals surface area contributed by atoms with E-state index in [1.54, 1.807) is 19.1 Å². The van der Waals surface area contributed by atoms with E-state index in [1.807, 2.05) is 0 Å². The highest BCUT2D eigenvalue weighted by Gasteiger charge is 2.11.